The average molecular weight is 524 g/mol. The van der Waals surface area contributed by atoms with Crippen molar-refractivity contribution in [2.45, 2.75) is 55.2 Å². The molecule has 0 radical (unpaired) electrons. The van der Waals surface area contributed by atoms with Gasteiger partial charge in [-0.1, -0.05) is 23.9 Å². The smallest absolute Gasteiger partial charge is 0.251 e. The van der Waals surface area contributed by atoms with Crippen LogP contribution in [-0.4, -0.2) is 43.8 Å². The summed E-state index contributed by atoms with van der Waals surface area (Å²) < 4.78 is 30.4. The highest BCUT2D eigenvalue weighted by Crippen LogP contribution is 2.34. The van der Waals surface area contributed by atoms with Crippen molar-refractivity contribution in [3.63, 3.8) is 0 Å². The Morgan fingerprint density at radius 3 is 2.57 bits per heavy atom. The van der Waals surface area contributed by atoms with Crippen LogP contribution < -0.4 is 10.6 Å². The Morgan fingerprint density at radius 1 is 1.19 bits per heavy atom. The molecular formula is C27H27F2N5O2S. The first kappa shape index (κ1) is 25.2. The number of aryl methyl sites for hydroxylation is 1. The minimum absolute atomic E-state index is 0.0912. The van der Waals surface area contributed by atoms with Gasteiger partial charge in [-0.25, -0.2) is 18.3 Å². The Balaban J connectivity index is 1.56. The molecule has 1 fully saturated rings. The van der Waals surface area contributed by atoms with Crippen molar-refractivity contribution >= 4 is 29.0 Å². The van der Waals surface area contributed by atoms with Crippen LogP contribution in [0, 0.1) is 18.6 Å². The molecule has 192 valence electrons. The second-order valence-electron chi connectivity index (χ2n) is 9.87. The summed E-state index contributed by atoms with van der Waals surface area (Å²) in [5, 5.41) is 21.4. The second kappa shape index (κ2) is 9.75. The third kappa shape index (κ3) is 5.60. The van der Waals surface area contributed by atoms with E-state index in [1.807, 2.05) is 19.1 Å². The summed E-state index contributed by atoms with van der Waals surface area (Å²) in [6.07, 6.45) is 3.68. The minimum Gasteiger partial charge on any atom is -0.389 e. The zero-order valence-corrected chi connectivity index (χ0v) is 21.5. The van der Waals surface area contributed by atoms with Crippen LogP contribution in [-0.2, 0) is 0 Å². The molecule has 2 aromatic carbocycles. The summed E-state index contributed by atoms with van der Waals surface area (Å²) in [4.78, 5) is 16.9. The Hall–Kier alpha value is -3.50. The van der Waals surface area contributed by atoms with Crippen LogP contribution in [0.3, 0.4) is 0 Å². The number of carbonyl (C=O) groups excluding carboxylic acids is 1. The average Bonchev–Trinajstić information content (AvgIpc) is 3.54. The number of aromatic nitrogens is 3. The predicted molar refractivity (Wildman–Crippen MR) is 139 cm³/mol. The molecular weight excluding hydrogens is 496 g/mol. The van der Waals surface area contributed by atoms with Gasteiger partial charge >= 0.3 is 0 Å². The molecule has 2 aromatic heterocycles. The highest BCUT2D eigenvalue weighted by molar-refractivity contribution is 7.99. The molecule has 37 heavy (non-hydrogen) atoms. The SMILES string of the molecule is Cc1cc(-c2cnc3c(NCC(C)(C)O)cc(Sc4c(F)cccc4F)nn23)ccc1C(=O)NC1CC1. The monoisotopic (exact) mass is 523 g/mol. The molecule has 0 aliphatic heterocycles. The van der Waals surface area contributed by atoms with Gasteiger partial charge < -0.3 is 15.7 Å². The van der Waals surface area contributed by atoms with E-state index in [1.54, 1.807) is 36.7 Å². The molecule has 1 saturated carbocycles. The Labute approximate surface area is 217 Å². The minimum atomic E-state index is -1.01. The van der Waals surface area contributed by atoms with Gasteiger partial charge in [0.1, 0.15) is 16.7 Å². The summed E-state index contributed by atoms with van der Waals surface area (Å²) in [5.41, 5.74) is 2.89. The number of nitrogens with one attached hydrogen (secondary N) is 2. The van der Waals surface area contributed by atoms with Crippen molar-refractivity contribution < 1.29 is 18.7 Å². The van der Waals surface area contributed by atoms with E-state index in [0.717, 1.165) is 35.7 Å². The third-order valence-corrected chi connectivity index (χ3v) is 6.96. The lowest BCUT2D eigenvalue weighted by molar-refractivity contribution is 0.0940. The van der Waals surface area contributed by atoms with Crippen molar-refractivity contribution in [1.82, 2.24) is 19.9 Å². The van der Waals surface area contributed by atoms with Crippen LogP contribution in [0.2, 0.25) is 0 Å². The number of aliphatic hydroxyl groups is 1. The molecule has 0 spiro atoms. The first-order chi connectivity index (χ1) is 17.6. The molecule has 3 N–H and O–H groups in total. The number of carbonyl (C=O) groups is 1. The molecule has 0 saturated heterocycles. The van der Waals surface area contributed by atoms with Gasteiger partial charge in [-0.15, -0.1) is 0 Å². The molecule has 10 heteroatoms. The summed E-state index contributed by atoms with van der Waals surface area (Å²) in [6.45, 7) is 5.43. The van der Waals surface area contributed by atoms with Gasteiger partial charge in [0.15, 0.2) is 5.65 Å². The number of hydrogen-bond acceptors (Lipinski definition) is 6. The Kier molecular flexibility index (Phi) is 6.63. The number of halogens is 2. The predicted octanol–water partition coefficient (Wildman–Crippen LogP) is 5.21. The zero-order valence-electron chi connectivity index (χ0n) is 20.7. The van der Waals surface area contributed by atoms with Gasteiger partial charge in [-0.2, -0.15) is 5.10 Å². The van der Waals surface area contributed by atoms with E-state index in [0.29, 0.717) is 27.6 Å². The molecule has 0 atom stereocenters. The van der Waals surface area contributed by atoms with Gasteiger partial charge in [0.25, 0.3) is 5.91 Å². The highest BCUT2D eigenvalue weighted by Gasteiger charge is 2.25. The van der Waals surface area contributed by atoms with Crippen molar-refractivity contribution in [2.75, 3.05) is 11.9 Å². The first-order valence-corrected chi connectivity index (χ1v) is 12.8. The van der Waals surface area contributed by atoms with E-state index in [2.05, 4.69) is 20.7 Å². The maximum Gasteiger partial charge on any atom is 0.251 e. The summed E-state index contributed by atoms with van der Waals surface area (Å²) in [7, 11) is 0. The van der Waals surface area contributed by atoms with E-state index in [1.165, 1.54) is 18.2 Å². The van der Waals surface area contributed by atoms with Crippen LogP contribution in [0.1, 0.15) is 42.6 Å². The van der Waals surface area contributed by atoms with E-state index in [9.17, 15) is 18.7 Å². The molecule has 4 aromatic rings. The molecule has 0 unspecified atom stereocenters. The van der Waals surface area contributed by atoms with Crippen LogP contribution >= 0.6 is 11.8 Å². The van der Waals surface area contributed by atoms with Gasteiger partial charge in [0, 0.05) is 23.7 Å². The molecule has 1 amide bonds. The fraction of sp³-hybridized carbons (Fsp3) is 0.296. The summed E-state index contributed by atoms with van der Waals surface area (Å²) >= 11 is 0.866. The lowest BCUT2D eigenvalue weighted by Crippen LogP contribution is -2.29. The highest BCUT2D eigenvalue weighted by atomic mass is 32.2. The van der Waals surface area contributed by atoms with E-state index in [4.69, 9.17) is 0 Å². The fourth-order valence-corrected chi connectivity index (χ4v) is 4.73. The van der Waals surface area contributed by atoms with Crippen molar-refractivity contribution in [2.24, 2.45) is 0 Å². The number of imidazole rings is 1. The third-order valence-electron chi connectivity index (χ3n) is 5.96. The number of amides is 1. The number of fused-ring (bicyclic) bond motifs is 1. The summed E-state index contributed by atoms with van der Waals surface area (Å²) in [6, 6.07) is 11.1. The number of benzene rings is 2. The molecule has 5 rings (SSSR count). The number of hydrogen-bond donors (Lipinski definition) is 3. The quantitative estimate of drug-likeness (QED) is 0.294. The van der Waals surface area contributed by atoms with E-state index < -0.39 is 17.2 Å². The number of anilines is 1. The van der Waals surface area contributed by atoms with E-state index in [-0.39, 0.29) is 23.4 Å². The molecule has 1 aliphatic rings. The van der Waals surface area contributed by atoms with Crippen molar-refractivity contribution in [3.8, 4) is 11.3 Å². The number of nitrogens with zero attached hydrogens (tertiary/aromatic N) is 3. The lowest BCUT2D eigenvalue weighted by atomic mass is 10.0. The van der Waals surface area contributed by atoms with Crippen molar-refractivity contribution in [1.29, 1.82) is 0 Å². The van der Waals surface area contributed by atoms with Crippen LogP contribution in [0.4, 0.5) is 14.5 Å². The van der Waals surface area contributed by atoms with Crippen molar-refractivity contribution in [3.05, 3.63) is 71.4 Å². The lowest BCUT2D eigenvalue weighted by Gasteiger charge is -2.19. The maximum atomic E-state index is 14.4. The Morgan fingerprint density at radius 2 is 1.92 bits per heavy atom. The van der Waals surface area contributed by atoms with Gasteiger partial charge in [0.2, 0.25) is 0 Å². The van der Waals surface area contributed by atoms with E-state index >= 15 is 0 Å². The van der Waals surface area contributed by atoms with Gasteiger partial charge in [0.05, 0.1) is 28.1 Å². The van der Waals surface area contributed by atoms with Gasteiger partial charge in [-0.05, 0) is 69.5 Å². The topological polar surface area (TPSA) is 91.6 Å². The van der Waals surface area contributed by atoms with Crippen LogP contribution in [0.25, 0.3) is 16.9 Å². The largest absolute Gasteiger partial charge is 0.389 e. The zero-order chi connectivity index (χ0) is 26.3. The Bertz CT molecular complexity index is 1470. The molecule has 0 bridgehead atoms. The molecule has 7 nitrogen and oxygen atoms in total. The molecule has 1 aliphatic carbocycles. The molecule has 2 heterocycles. The fourth-order valence-electron chi connectivity index (χ4n) is 3.89. The van der Waals surface area contributed by atoms with Gasteiger partial charge in [-0.3, -0.25) is 4.79 Å². The normalized spacial score (nSPS) is 13.7. The first-order valence-electron chi connectivity index (χ1n) is 12.0. The van der Waals surface area contributed by atoms with Crippen LogP contribution in [0.5, 0.6) is 0 Å². The second-order valence-corrected chi connectivity index (χ2v) is 10.9. The maximum absolute atomic E-state index is 14.4. The number of rotatable bonds is 8. The van der Waals surface area contributed by atoms with Crippen LogP contribution in [0.15, 0.2) is 58.6 Å². The standard InChI is InChI=1S/C27H27F2N5O2S/c1-15-11-16(7-10-18(15)26(35)32-17-8-9-17)22-13-30-25-21(31-14-27(2,3)36)12-23(33-34(22)25)37-24-19(28)5-4-6-20(24)29/h4-7,10-13,17,31,36H,8-9,14H2,1-3H3,(H,32,35). The summed E-state index contributed by atoms with van der Waals surface area (Å²) in [5.74, 6) is -1.45.